The molecule has 1 aliphatic heterocycles. The molecule has 1 atom stereocenters. The monoisotopic (exact) mass is 336 g/mol. The molecule has 2 aliphatic rings. The van der Waals surface area contributed by atoms with Gasteiger partial charge in [-0.2, -0.15) is 0 Å². The molecule has 1 aliphatic carbocycles. The molecular weight excluding hydrogens is 314 g/mol. The molecule has 1 radical (unpaired) electrons. The van der Waals surface area contributed by atoms with Gasteiger partial charge in [-0.15, -0.1) is 11.3 Å². The van der Waals surface area contributed by atoms with E-state index in [2.05, 4.69) is 45.6 Å². The van der Waals surface area contributed by atoms with Crippen molar-refractivity contribution in [2.24, 2.45) is 0 Å². The molecule has 5 rings (SSSR count). The molecule has 0 amide bonds. The summed E-state index contributed by atoms with van der Waals surface area (Å²) in [6.45, 7) is 2.96. The van der Waals surface area contributed by atoms with Gasteiger partial charge in [-0.25, -0.2) is 5.32 Å². The standard InChI is InChI=1S/C20H22N3S/c1-2-5-17-15(4-1)16-12-14(7-8-18(16)22-17)19-13-23(10-9-21-19)20-6-3-11-24-20/h3,6-8,11-12,19,22H,1-2,4-5,9-10,13H2. The van der Waals surface area contributed by atoms with Crippen LogP contribution in [0.4, 0.5) is 5.00 Å². The van der Waals surface area contributed by atoms with Crippen LogP contribution in [0.5, 0.6) is 0 Å². The van der Waals surface area contributed by atoms with Crippen molar-refractivity contribution in [3.63, 3.8) is 0 Å². The van der Waals surface area contributed by atoms with Crippen LogP contribution in [0.3, 0.4) is 0 Å². The van der Waals surface area contributed by atoms with Crippen molar-refractivity contribution < 1.29 is 0 Å². The highest BCUT2D eigenvalue weighted by Crippen LogP contribution is 2.32. The van der Waals surface area contributed by atoms with Gasteiger partial charge in [-0.05, 0) is 66.5 Å². The fourth-order valence-corrected chi connectivity index (χ4v) is 4.95. The van der Waals surface area contributed by atoms with Crippen molar-refractivity contribution in [3.05, 3.63) is 52.5 Å². The zero-order chi connectivity index (χ0) is 15.9. The first-order valence-electron chi connectivity index (χ1n) is 8.97. The first-order chi connectivity index (χ1) is 11.9. The maximum absolute atomic E-state index is 4.92. The Hall–Kier alpha value is -1.78. The number of fused-ring (bicyclic) bond motifs is 3. The number of nitrogens with one attached hydrogen (secondary N) is 1. The first kappa shape index (κ1) is 14.6. The summed E-state index contributed by atoms with van der Waals surface area (Å²) in [5, 5.41) is 9.88. The van der Waals surface area contributed by atoms with Crippen LogP contribution in [-0.2, 0) is 12.8 Å². The van der Waals surface area contributed by atoms with Crippen LogP contribution >= 0.6 is 11.3 Å². The molecule has 3 heterocycles. The minimum Gasteiger partial charge on any atom is -0.360 e. The average molecular weight is 336 g/mol. The van der Waals surface area contributed by atoms with E-state index in [1.54, 1.807) is 5.56 Å². The molecule has 3 nitrogen and oxygen atoms in total. The topological polar surface area (TPSA) is 33.1 Å². The highest BCUT2D eigenvalue weighted by atomic mass is 32.1. The van der Waals surface area contributed by atoms with Crippen LogP contribution in [-0.4, -0.2) is 24.6 Å². The lowest BCUT2D eigenvalue weighted by Gasteiger charge is -2.33. The summed E-state index contributed by atoms with van der Waals surface area (Å²) < 4.78 is 0. The fourth-order valence-electron chi connectivity index (χ4n) is 4.18. The first-order valence-corrected chi connectivity index (χ1v) is 9.85. The van der Waals surface area contributed by atoms with Crippen molar-refractivity contribution in [2.45, 2.75) is 31.7 Å². The molecule has 2 aromatic heterocycles. The lowest BCUT2D eigenvalue weighted by Crippen LogP contribution is -2.42. The summed E-state index contributed by atoms with van der Waals surface area (Å²) in [7, 11) is 0. The molecule has 0 bridgehead atoms. The number of nitrogens with zero attached hydrogens (tertiary/aromatic N) is 2. The Balaban J connectivity index is 1.47. The Morgan fingerprint density at radius 3 is 3.04 bits per heavy atom. The van der Waals surface area contributed by atoms with E-state index < -0.39 is 0 Å². The normalized spacial score (nSPS) is 21.2. The Morgan fingerprint density at radius 2 is 2.12 bits per heavy atom. The zero-order valence-corrected chi connectivity index (χ0v) is 14.6. The van der Waals surface area contributed by atoms with Crippen LogP contribution in [0.2, 0.25) is 0 Å². The zero-order valence-electron chi connectivity index (χ0n) is 13.8. The largest absolute Gasteiger partial charge is 0.360 e. The predicted molar refractivity (Wildman–Crippen MR) is 101 cm³/mol. The van der Waals surface area contributed by atoms with Crippen molar-refractivity contribution in [1.29, 1.82) is 0 Å². The summed E-state index contributed by atoms with van der Waals surface area (Å²) in [4.78, 5) is 6.12. The van der Waals surface area contributed by atoms with Gasteiger partial charge in [-0.3, -0.25) is 0 Å². The number of H-pyrrole nitrogens is 1. The second-order valence-corrected chi connectivity index (χ2v) is 7.84. The number of rotatable bonds is 2. The van der Waals surface area contributed by atoms with E-state index in [0.717, 1.165) is 19.6 Å². The number of aromatic nitrogens is 1. The molecule has 4 heteroatoms. The number of thiophene rings is 1. The fraction of sp³-hybridized carbons (Fsp3) is 0.400. The minimum absolute atomic E-state index is 0.291. The van der Waals surface area contributed by atoms with Crippen molar-refractivity contribution in [3.8, 4) is 0 Å². The van der Waals surface area contributed by atoms with E-state index in [-0.39, 0.29) is 0 Å². The molecule has 1 N–H and O–H groups in total. The van der Waals surface area contributed by atoms with Crippen LogP contribution < -0.4 is 10.2 Å². The summed E-state index contributed by atoms with van der Waals surface area (Å²) in [6.07, 6.45) is 5.08. The predicted octanol–water partition coefficient (Wildman–Crippen LogP) is 4.27. The highest BCUT2D eigenvalue weighted by molar-refractivity contribution is 7.14. The highest BCUT2D eigenvalue weighted by Gasteiger charge is 2.24. The summed E-state index contributed by atoms with van der Waals surface area (Å²) in [5.74, 6) is 0. The lowest BCUT2D eigenvalue weighted by molar-refractivity contribution is 0.464. The van der Waals surface area contributed by atoms with Gasteiger partial charge in [-0.1, -0.05) is 6.07 Å². The van der Waals surface area contributed by atoms with Crippen molar-refractivity contribution in [1.82, 2.24) is 10.3 Å². The minimum atomic E-state index is 0.291. The van der Waals surface area contributed by atoms with Gasteiger partial charge in [0.15, 0.2) is 0 Å². The van der Waals surface area contributed by atoms with Crippen LogP contribution in [0.25, 0.3) is 10.9 Å². The molecular formula is C20H22N3S. The van der Waals surface area contributed by atoms with Gasteiger partial charge in [0.05, 0.1) is 11.0 Å². The lowest BCUT2D eigenvalue weighted by atomic mass is 9.94. The van der Waals surface area contributed by atoms with E-state index in [0.29, 0.717) is 6.04 Å². The van der Waals surface area contributed by atoms with E-state index in [9.17, 15) is 0 Å². The Labute approximate surface area is 146 Å². The Morgan fingerprint density at radius 1 is 1.17 bits per heavy atom. The third-order valence-electron chi connectivity index (χ3n) is 5.44. The molecule has 1 saturated heterocycles. The van der Waals surface area contributed by atoms with Gasteiger partial charge < -0.3 is 9.88 Å². The van der Waals surface area contributed by atoms with Gasteiger partial charge in [0, 0.05) is 36.2 Å². The second kappa shape index (κ2) is 5.94. The Bertz CT molecular complexity index is 849. The van der Waals surface area contributed by atoms with Gasteiger partial charge in [0.1, 0.15) is 0 Å². The molecule has 0 saturated carbocycles. The smallest absolute Gasteiger partial charge is 0.0909 e. The molecule has 123 valence electrons. The van der Waals surface area contributed by atoms with Crippen LogP contribution in [0.15, 0.2) is 35.7 Å². The molecule has 1 unspecified atom stereocenters. The average Bonchev–Trinajstić information content (AvgIpc) is 3.29. The number of hydrogen-bond donors (Lipinski definition) is 1. The third-order valence-corrected chi connectivity index (χ3v) is 6.37. The summed E-state index contributed by atoms with van der Waals surface area (Å²) >= 11 is 1.83. The van der Waals surface area contributed by atoms with Crippen molar-refractivity contribution >= 4 is 27.2 Å². The number of aryl methyl sites for hydroxylation is 2. The van der Waals surface area contributed by atoms with E-state index in [1.165, 1.54) is 52.8 Å². The number of piperazine rings is 1. The summed E-state index contributed by atoms with van der Waals surface area (Å²) in [5.41, 5.74) is 5.70. The van der Waals surface area contributed by atoms with Gasteiger partial charge in [0.2, 0.25) is 0 Å². The molecule has 1 aromatic carbocycles. The van der Waals surface area contributed by atoms with Crippen LogP contribution in [0.1, 0.15) is 35.7 Å². The van der Waals surface area contributed by atoms with Gasteiger partial charge >= 0.3 is 0 Å². The van der Waals surface area contributed by atoms with Gasteiger partial charge in [0.25, 0.3) is 0 Å². The van der Waals surface area contributed by atoms with E-state index >= 15 is 0 Å². The number of benzene rings is 1. The van der Waals surface area contributed by atoms with Crippen LogP contribution in [0, 0.1) is 0 Å². The number of aromatic amines is 1. The molecule has 0 spiro atoms. The number of anilines is 1. The molecule has 3 aromatic rings. The maximum Gasteiger partial charge on any atom is 0.0909 e. The third kappa shape index (κ3) is 2.45. The second-order valence-electron chi connectivity index (χ2n) is 6.91. The Kier molecular flexibility index (Phi) is 3.60. The van der Waals surface area contributed by atoms with E-state index in [4.69, 9.17) is 5.32 Å². The van der Waals surface area contributed by atoms with Crippen molar-refractivity contribution in [2.75, 3.05) is 24.5 Å². The maximum atomic E-state index is 4.92. The van der Waals surface area contributed by atoms with E-state index in [1.807, 2.05) is 11.3 Å². The quantitative estimate of drug-likeness (QED) is 0.745. The SMILES string of the molecule is c1csc(N2CC[N]C(c3ccc4[nH]c5c(c4c3)CCCC5)C2)c1. The summed E-state index contributed by atoms with van der Waals surface area (Å²) in [6, 6.07) is 11.6. The number of hydrogen-bond acceptors (Lipinski definition) is 2. The molecule has 1 fully saturated rings. The molecule has 24 heavy (non-hydrogen) atoms.